The van der Waals surface area contributed by atoms with E-state index in [1.54, 1.807) is 39.2 Å². The van der Waals surface area contributed by atoms with E-state index in [0.29, 0.717) is 18.7 Å². The third kappa shape index (κ3) is 6.78. The van der Waals surface area contributed by atoms with Gasteiger partial charge in [0.25, 0.3) is 5.91 Å². The zero-order chi connectivity index (χ0) is 18.8. The molecule has 25 heavy (non-hydrogen) atoms. The maximum absolute atomic E-state index is 14.2. The van der Waals surface area contributed by atoms with Crippen molar-refractivity contribution in [2.75, 3.05) is 26.1 Å². The fourth-order valence-electron chi connectivity index (χ4n) is 2.20. The molecule has 1 rings (SSSR count). The van der Waals surface area contributed by atoms with Gasteiger partial charge in [0.1, 0.15) is 5.83 Å². The second kappa shape index (κ2) is 10.8. The van der Waals surface area contributed by atoms with Crippen LogP contribution in [0.5, 0.6) is 0 Å². The minimum atomic E-state index is -0.623. The first-order chi connectivity index (χ1) is 11.9. The van der Waals surface area contributed by atoms with Crippen LogP contribution in [0.4, 0.5) is 10.1 Å². The minimum Gasteiger partial charge on any atom is -0.385 e. The number of allylic oxidation sites excluding steroid dienone is 1. The molecule has 0 bridgehead atoms. The molecule has 1 aromatic carbocycles. The molecule has 3 N–H and O–H groups in total. The van der Waals surface area contributed by atoms with Crippen LogP contribution in [-0.4, -0.2) is 32.8 Å². The fraction of sp³-hybridized carbons (Fsp3) is 0.421. The number of carbonyl (C=O) groups is 1. The summed E-state index contributed by atoms with van der Waals surface area (Å²) in [5, 5.41) is 2.70. The Labute approximate surface area is 148 Å². The van der Waals surface area contributed by atoms with Crippen LogP contribution in [0.25, 0.3) is 0 Å². The number of carbonyl (C=O) groups excluding carboxylic acids is 1. The molecule has 0 spiro atoms. The van der Waals surface area contributed by atoms with Gasteiger partial charge in [0.2, 0.25) is 0 Å². The van der Waals surface area contributed by atoms with Gasteiger partial charge >= 0.3 is 0 Å². The number of methoxy groups -OCH3 is 2. The van der Waals surface area contributed by atoms with Crippen LogP contribution >= 0.6 is 0 Å². The highest BCUT2D eigenvalue weighted by Crippen LogP contribution is 2.21. The van der Waals surface area contributed by atoms with Gasteiger partial charge in [-0.05, 0) is 44.0 Å². The van der Waals surface area contributed by atoms with Gasteiger partial charge < -0.3 is 20.5 Å². The zero-order valence-electron chi connectivity index (χ0n) is 15.2. The van der Waals surface area contributed by atoms with Gasteiger partial charge in [-0.1, -0.05) is 18.2 Å². The van der Waals surface area contributed by atoms with E-state index in [0.717, 1.165) is 5.56 Å². The van der Waals surface area contributed by atoms with E-state index in [1.165, 1.54) is 19.3 Å². The molecule has 5 nitrogen and oxygen atoms in total. The number of rotatable bonds is 9. The third-order valence-corrected chi connectivity index (χ3v) is 3.75. The number of halogens is 1. The van der Waals surface area contributed by atoms with Gasteiger partial charge in [0, 0.05) is 32.6 Å². The zero-order valence-corrected chi connectivity index (χ0v) is 15.2. The van der Waals surface area contributed by atoms with E-state index in [2.05, 4.69) is 5.32 Å². The summed E-state index contributed by atoms with van der Waals surface area (Å²) in [6, 6.07) is 7.00. The first-order valence-corrected chi connectivity index (χ1v) is 8.15. The maximum atomic E-state index is 14.2. The Balaban J connectivity index is 2.87. The Morgan fingerprint density at radius 2 is 2.12 bits per heavy atom. The van der Waals surface area contributed by atoms with Crippen molar-refractivity contribution in [2.24, 2.45) is 5.73 Å². The molecule has 0 saturated carbocycles. The molecule has 0 aliphatic rings. The molecule has 1 aromatic rings. The van der Waals surface area contributed by atoms with E-state index in [9.17, 15) is 9.18 Å². The Bertz CT molecular complexity index is 629. The second-order valence-corrected chi connectivity index (χ2v) is 5.63. The van der Waals surface area contributed by atoms with E-state index >= 15 is 0 Å². The number of benzene rings is 1. The molecule has 0 aliphatic heterocycles. The van der Waals surface area contributed by atoms with Gasteiger partial charge in [0.05, 0.1) is 11.7 Å². The van der Waals surface area contributed by atoms with Crippen LogP contribution in [0.15, 0.2) is 47.8 Å². The van der Waals surface area contributed by atoms with E-state index in [-0.39, 0.29) is 11.6 Å². The predicted molar refractivity (Wildman–Crippen MR) is 97.9 cm³/mol. The molecule has 2 atom stereocenters. The van der Waals surface area contributed by atoms with Crippen molar-refractivity contribution in [1.82, 2.24) is 0 Å². The molecular weight excluding hydrogens is 323 g/mol. The number of nitrogens with one attached hydrogen (secondary N) is 1. The average molecular weight is 350 g/mol. The maximum Gasteiger partial charge on any atom is 0.258 e. The van der Waals surface area contributed by atoms with Gasteiger partial charge in [-0.2, -0.15) is 0 Å². The first-order valence-electron chi connectivity index (χ1n) is 8.15. The lowest BCUT2D eigenvalue weighted by Gasteiger charge is -2.14. The summed E-state index contributed by atoms with van der Waals surface area (Å²) in [4.78, 5) is 12.4. The van der Waals surface area contributed by atoms with Crippen LogP contribution in [0.1, 0.15) is 31.9 Å². The molecule has 1 amide bonds. The molecule has 0 aliphatic carbocycles. The van der Waals surface area contributed by atoms with Gasteiger partial charge in [-0.25, -0.2) is 4.39 Å². The summed E-state index contributed by atoms with van der Waals surface area (Å²) in [5.74, 6) is -1.15. The lowest BCUT2D eigenvalue weighted by atomic mass is 10.0. The summed E-state index contributed by atoms with van der Waals surface area (Å²) in [6.07, 6.45) is 2.93. The predicted octanol–water partition coefficient (Wildman–Crippen LogP) is 3.50. The normalized spacial score (nSPS) is 15.0. The largest absolute Gasteiger partial charge is 0.385 e. The quantitative estimate of drug-likeness (QED) is 0.528. The highest BCUT2D eigenvalue weighted by Gasteiger charge is 2.15. The Kier molecular flexibility index (Phi) is 9.05. The summed E-state index contributed by atoms with van der Waals surface area (Å²) < 4.78 is 24.2. The summed E-state index contributed by atoms with van der Waals surface area (Å²) >= 11 is 0. The lowest BCUT2D eigenvalue weighted by molar-refractivity contribution is -0.112. The van der Waals surface area contributed by atoms with Gasteiger partial charge in [-0.15, -0.1) is 0 Å². The molecule has 0 fully saturated rings. The van der Waals surface area contributed by atoms with Crippen molar-refractivity contribution in [3.05, 3.63) is 53.4 Å². The van der Waals surface area contributed by atoms with Crippen LogP contribution in [0, 0.1) is 0 Å². The van der Waals surface area contributed by atoms with Gasteiger partial charge in [-0.3, -0.25) is 4.79 Å². The molecule has 2 unspecified atom stereocenters. The van der Waals surface area contributed by atoms with Crippen LogP contribution in [0.3, 0.4) is 0 Å². The molecule has 138 valence electrons. The Hall–Kier alpha value is -2.02. The summed E-state index contributed by atoms with van der Waals surface area (Å²) in [7, 11) is 3.09. The van der Waals surface area contributed by atoms with Crippen molar-refractivity contribution < 1.29 is 18.7 Å². The SMILES string of the molecule is CC=C(C(=O)Nc1cccc(C(N)CCOC)c1)C(F)=CC(C)OC. The van der Waals surface area contributed by atoms with Crippen LogP contribution in [0.2, 0.25) is 0 Å². The summed E-state index contributed by atoms with van der Waals surface area (Å²) in [5.41, 5.74) is 7.49. The monoisotopic (exact) mass is 350 g/mol. The third-order valence-electron chi connectivity index (χ3n) is 3.75. The molecule has 0 heterocycles. The van der Waals surface area contributed by atoms with E-state index in [4.69, 9.17) is 15.2 Å². The number of amides is 1. The fourth-order valence-corrected chi connectivity index (χ4v) is 2.20. The van der Waals surface area contributed by atoms with Crippen molar-refractivity contribution in [1.29, 1.82) is 0 Å². The van der Waals surface area contributed by atoms with Crippen molar-refractivity contribution >= 4 is 11.6 Å². The number of anilines is 1. The molecule has 0 saturated heterocycles. The van der Waals surface area contributed by atoms with E-state index in [1.807, 2.05) is 6.07 Å². The van der Waals surface area contributed by atoms with Crippen LogP contribution < -0.4 is 11.1 Å². The summed E-state index contributed by atoms with van der Waals surface area (Å²) in [6.45, 7) is 3.85. The standard InChI is InChI=1S/C19H27FN2O3/c1-5-16(17(20)11-13(2)25-4)19(23)22-15-8-6-7-14(12-15)18(21)9-10-24-3/h5-8,11-13,18H,9-10,21H2,1-4H3,(H,22,23). The molecule has 0 aromatic heterocycles. The smallest absolute Gasteiger partial charge is 0.258 e. The minimum absolute atomic E-state index is 0.0435. The van der Waals surface area contributed by atoms with Crippen molar-refractivity contribution in [2.45, 2.75) is 32.4 Å². The second-order valence-electron chi connectivity index (χ2n) is 5.63. The molecule has 6 heteroatoms. The number of hydrogen-bond acceptors (Lipinski definition) is 4. The lowest BCUT2D eigenvalue weighted by Crippen LogP contribution is -2.17. The Morgan fingerprint density at radius 3 is 2.72 bits per heavy atom. The Morgan fingerprint density at radius 1 is 1.40 bits per heavy atom. The number of ether oxygens (including phenoxy) is 2. The van der Waals surface area contributed by atoms with Crippen LogP contribution in [-0.2, 0) is 14.3 Å². The molecule has 0 radical (unpaired) electrons. The topological polar surface area (TPSA) is 73.6 Å². The highest BCUT2D eigenvalue weighted by molar-refractivity contribution is 6.06. The number of hydrogen-bond donors (Lipinski definition) is 2. The van der Waals surface area contributed by atoms with Crippen molar-refractivity contribution in [3.63, 3.8) is 0 Å². The van der Waals surface area contributed by atoms with E-state index < -0.39 is 17.8 Å². The highest BCUT2D eigenvalue weighted by atomic mass is 19.1. The first kappa shape index (κ1) is 21.0. The average Bonchev–Trinajstić information content (AvgIpc) is 2.60. The molecular formula is C19H27FN2O3. The van der Waals surface area contributed by atoms with Gasteiger partial charge in [0.15, 0.2) is 0 Å². The number of nitrogens with two attached hydrogens (primary N) is 1. The van der Waals surface area contributed by atoms with Crippen molar-refractivity contribution in [3.8, 4) is 0 Å².